The SMILES string of the molecule is N[C@]12CCN(CC3CC3)[C@H](Cc3ccc(O)cc31)[C@H]2NCC1CCNCC1. The number of piperidine rings is 2. The monoisotopic (exact) mass is 370 g/mol. The number of benzene rings is 1. The number of nitrogens with one attached hydrogen (secondary N) is 2. The first-order valence-corrected chi connectivity index (χ1v) is 10.9. The van der Waals surface area contributed by atoms with Crippen molar-refractivity contribution in [3.63, 3.8) is 0 Å². The molecule has 2 aliphatic heterocycles. The number of fused-ring (bicyclic) bond motifs is 4. The van der Waals surface area contributed by atoms with Crippen molar-refractivity contribution in [1.29, 1.82) is 0 Å². The molecule has 2 heterocycles. The Hall–Kier alpha value is -1.14. The summed E-state index contributed by atoms with van der Waals surface area (Å²) in [6.07, 6.45) is 7.32. The number of hydrogen-bond acceptors (Lipinski definition) is 5. The maximum atomic E-state index is 10.1. The summed E-state index contributed by atoms with van der Waals surface area (Å²) in [5, 5.41) is 17.5. The van der Waals surface area contributed by atoms with Gasteiger partial charge in [-0.05, 0) is 93.3 Å². The fourth-order valence-corrected chi connectivity index (χ4v) is 5.71. The number of likely N-dealkylation sites (tertiary alicyclic amines) is 1. The third-order valence-electron chi connectivity index (χ3n) is 7.52. The van der Waals surface area contributed by atoms with Gasteiger partial charge in [-0.3, -0.25) is 4.90 Å². The molecule has 3 fully saturated rings. The summed E-state index contributed by atoms with van der Waals surface area (Å²) in [4.78, 5) is 2.72. The van der Waals surface area contributed by atoms with Gasteiger partial charge in [-0.2, -0.15) is 0 Å². The molecule has 27 heavy (non-hydrogen) atoms. The van der Waals surface area contributed by atoms with Crippen LogP contribution in [-0.4, -0.2) is 54.8 Å². The lowest BCUT2D eigenvalue weighted by Gasteiger charge is -2.55. The number of nitrogens with two attached hydrogens (primary N) is 1. The van der Waals surface area contributed by atoms with E-state index >= 15 is 0 Å². The van der Waals surface area contributed by atoms with E-state index < -0.39 is 0 Å². The first-order valence-electron chi connectivity index (χ1n) is 10.9. The Labute approximate surface area is 162 Å². The zero-order valence-electron chi connectivity index (χ0n) is 16.3. The summed E-state index contributed by atoms with van der Waals surface area (Å²) < 4.78 is 0. The topological polar surface area (TPSA) is 73.5 Å². The Morgan fingerprint density at radius 1 is 1.19 bits per heavy atom. The van der Waals surface area contributed by atoms with Gasteiger partial charge >= 0.3 is 0 Å². The van der Waals surface area contributed by atoms with Crippen LogP contribution in [0.4, 0.5) is 0 Å². The van der Waals surface area contributed by atoms with E-state index in [0.29, 0.717) is 11.8 Å². The van der Waals surface area contributed by atoms with Gasteiger partial charge in [-0.15, -0.1) is 0 Å². The predicted octanol–water partition coefficient (Wildman–Crippen LogP) is 1.54. The van der Waals surface area contributed by atoms with E-state index in [2.05, 4.69) is 21.6 Å². The van der Waals surface area contributed by atoms with E-state index in [9.17, 15) is 5.11 Å². The number of aromatic hydroxyl groups is 1. The molecule has 1 saturated carbocycles. The van der Waals surface area contributed by atoms with Crippen LogP contribution in [0.15, 0.2) is 18.2 Å². The van der Waals surface area contributed by atoms with Gasteiger partial charge in [0, 0.05) is 25.2 Å². The number of nitrogens with zero attached hydrogens (tertiary/aromatic N) is 1. The van der Waals surface area contributed by atoms with Gasteiger partial charge in [0.05, 0.1) is 5.54 Å². The van der Waals surface area contributed by atoms with Crippen molar-refractivity contribution in [1.82, 2.24) is 15.5 Å². The van der Waals surface area contributed by atoms with Gasteiger partial charge in [0.25, 0.3) is 0 Å². The molecule has 5 heteroatoms. The molecule has 1 aromatic carbocycles. The minimum Gasteiger partial charge on any atom is -0.508 e. The highest BCUT2D eigenvalue weighted by atomic mass is 16.3. The van der Waals surface area contributed by atoms with Crippen molar-refractivity contribution in [2.24, 2.45) is 17.6 Å². The van der Waals surface area contributed by atoms with E-state index in [1.165, 1.54) is 43.4 Å². The highest BCUT2D eigenvalue weighted by Gasteiger charge is 2.51. The standard InChI is InChI=1S/C22H34N4O/c23-22-7-10-26(14-16-1-2-16)20(11-17-3-4-18(27)12-19(17)22)21(22)25-13-15-5-8-24-9-6-15/h3-4,12,15-16,20-21,24-25,27H,1-2,5-11,13-14,23H2/t20-,21-,22-/m1/s1. The Morgan fingerprint density at radius 3 is 2.78 bits per heavy atom. The molecule has 5 rings (SSSR count). The van der Waals surface area contributed by atoms with Gasteiger partial charge in [0.2, 0.25) is 0 Å². The first-order chi connectivity index (χ1) is 13.1. The fraction of sp³-hybridized carbons (Fsp3) is 0.727. The van der Waals surface area contributed by atoms with Crippen LogP contribution in [0, 0.1) is 11.8 Å². The van der Waals surface area contributed by atoms with Gasteiger partial charge in [-0.1, -0.05) is 6.07 Å². The van der Waals surface area contributed by atoms with E-state index in [1.807, 2.05) is 12.1 Å². The summed E-state index contributed by atoms with van der Waals surface area (Å²) in [6.45, 7) is 5.66. The number of phenolic OH excluding ortho intramolecular Hbond substituents is 1. The molecule has 1 aromatic rings. The molecule has 3 atom stereocenters. The zero-order chi connectivity index (χ0) is 18.4. The van der Waals surface area contributed by atoms with Crippen LogP contribution < -0.4 is 16.4 Å². The highest BCUT2D eigenvalue weighted by Crippen LogP contribution is 2.44. The van der Waals surface area contributed by atoms with Gasteiger partial charge in [-0.25, -0.2) is 0 Å². The smallest absolute Gasteiger partial charge is 0.115 e. The molecule has 2 bridgehead atoms. The Bertz CT molecular complexity index is 685. The van der Waals surface area contributed by atoms with Crippen LogP contribution in [0.5, 0.6) is 5.75 Å². The van der Waals surface area contributed by atoms with Crippen LogP contribution >= 0.6 is 0 Å². The normalized spacial score (nSPS) is 34.4. The summed E-state index contributed by atoms with van der Waals surface area (Å²) in [5.41, 5.74) is 9.27. The Morgan fingerprint density at radius 2 is 2.00 bits per heavy atom. The quantitative estimate of drug-likeness (QED) is 0.633. The molecule has 5 N–H and O–H groups in total. The molecule has 0 unspecified atom stereocenters. The molecule has 4 aliphatic rings. The van der Waals surface area contributed by atoms with E-state index in [1.54, 1.807) is 0 Å². The molecule has 148 valence electrons. The van der Waals surface area contributed by atoms with E-state index in [-0.39, 0.29) is 11.6 Å². The molecule has 0 radical (unpaired) electrons. The van der Waals surface area contributed by atoms with Crippen LogP contribution in [0.1, 0.15) is 43.2 Å². The molecule has 2 aliphatic carbocycles. The van der Waals surface area contributed by atoms with Crippen LogP contribution in [0.2, 0.25) is 0 Å². The molecule has 5 nitrogen and oxygen atoms in total. The van der Waals surface area contributed by atoms with Gasteiger partial charge in [0.15, 0.2) is 0 Å². The molecule has 0 aromatic heterocycles. The average Bonchev–Trinajstić information content (AvgIpc) is 3.49. The van der Waals surface area contributed by atoms with Crippen molar-refractivity contribution in [3.8, 4) is 5.75 Å². The number of phenols is 1. The van der Waals surface area contributed by atoms with Gasteiger partial charge in [0.1, 0.15) is 5.75 Å². The Kier molecular flexibility index (Phi) is 4.67. The van der Waals surface area contributed by atoms with Crippen molar-refractivity contribution < 1.29 is 5.11 Å². The average molecular weight is 371 g/mol. The maximum absolute atomic E-state index is 10.1. The first kappa shape index (κ1) is 17.9. The number of rotatable bonds is 5. The summed E-state index contributed by atoms with van der Waals surface area (Å²) in [7, 11) is 0. The lowest BCUT2D eigenvalue weighted by atomic mass is 9.66. The van der Waals surface area contributed by atoms with Crippen LogP contribution in [-0.2, 0) is 12.0 Å². The van der Waals surface area contributed by atoms with Crippen molar-refractivity contribution in [2.45, 2.75) is 56.1 Å². The summed E-state index contributed by atoms with van der Waals surface area (Å²) >= 11 is 0. The second kappa shape index (κ2) is 7.03. The molecule has 2 saturated heterocycles. The summed E-state index contributed by atoms with van der Waals surface area (Å²) in [6, 6.07) is 6.60. The zero-order valence-corrected chi connectivity index (χ0v) is 16.3. The minimum absolute atomic E-state index is 0.272. The second-order valence-corrected chi connectivity index (χ2v) is 9.42. The molecule has 0 spiro atoms. The van der Waals surface area contributed by atoms with Gasteiger partial charge < -0.3 is 21.5 Å². The van der Waals surface area contributed by atoms with E-state index in [4.69, 9.17) is 5.73 Å². The third kappa shape index (κ3) is 3.39. The molecule has 0 amide bonds. The fourth-order valence-electron chi connectivity index (χ4n) is 5.71. The maximum Gasteiger partial charge on any atom is 0.115 e. The summed E-state index contributed by atoms with van der Waals surface area (Å²) in [5.74, 6) is 1.99. The van der Waals surface area contributed by atoms with Crippen LogP contribution in [0.25, 0.3) is 0 Å². The van der Waals surface area contributed by atoms with Crippen molar-refractivity contribution >= 4 is 0 Å². The molecular formula is C22H34N4O. The van der Waals surface area contributed by atoms with Crippen molar-refractivity contribution in [3.05, 3.63) is 29.3 Å². The van der Waals surface area contributed by atoms with Crippen LogP contribution in [0.3, 0.4) is 0 Å². The lowest BCUT2D eigenvalue weighted by Crippen LogP contribution is -2.71. The third-order valence-corrected chi connectivity index (χ3v) is 7.52. The van der Waals surface area contributed by atoms with Crippen molar-refractivity contribution in [2.75, 3.05) is 32.7 Å². The molecular weight excluding hydrogens is 336 g/mol. The lowest BCUT2D eigenvalue weighted by molar-refractivity contribution is 0.0351. The number of hydrogen-bond donors (Lipinski definition) is 4. The minimum atomic E-state index is -0.371. The predicted molar refractivity (Wildman–Crippen MR) is 108 cm³/mol. The second-order valence-electron chi connectivity index (χ2n) is 9.42. The Balaban J connectivity index is 1.42. The van der Waals surface area contributed by atoms with E-state index in [0.717, 1.165) is 50.9 Å². The highest BCUT2D eigenvalue weighted by molar-refractivity contribution is 5.45. The largest absolute Gasteiger partial charge is 0.508 e.